The number of halogens is 1. The first-order valence-electron chi connectivity index (χ1n) is 14.4. The van der Waals surface area contributed by atoms with Crippen LogP contribution >= 0.6 is 0 Å². The second-order valence-electron chi connectivity index (χ2n) is 10.2. The van der Waals surface area contributed by atoms with Crippen LogP contribution in [0.5, 0.6) is 5.88 Å². The molecule has 3 amide bonds. The predicted molar refractivity (Wildman–Crippen MR) is 164 cm³/mol. The molecule has 0 radical (unpaired) electrons. The topological polar surface area (TPSA) is 145 Å². The molecule has 236 valence electrons. The lowest BCUT2D eigenvalue weighted by atomic mass is 10.0. The van der Waals surface area contributed by atoms with Crippen molar-refractivity contribution in [2.75, 3.05) is 45.8 Å². The summed E-state index contributed by atoms with van der Waals surface area (Å²) in [6.45, 7) is 5.29. The molecule has 1 fully saturated rings. The number of nitrogens with zero attached hydrogens (tertiary/aromatic N) is 5. The molecule has 2 atom stereocenters. The lowest BCUT2D eigenvalue weighted by Gasteiger charge is -2.19. The average molecular weight is 619 g/mol. The standard InChI is InChI=1S/C31H35FN8O5/c1-5-33-29(41)23-15-21(17-35-30(23)44-4)26-19(2)28(40(38-26)22-9-7-6-8-10-22)37-31(42)36-24-18-39(13-14-43-3)45-27(24)20-11-12-34-25(32)16-20/h6-12,15-17,24,27H,5,13-14,18H2,1-4H3,(H,33,41)(H2,36,37,42)/t24-,27+/m1/s1. The van der Waals surface area contributed by atoms with Crippen LogP contribution in [0.25, 0.3) is 16.9 Å². The number of urea groups is 1. The second-order valence-corrected chi connectivity index (χ2v) is 10.2. The number of pyridine rings is 2. The van der Waals surface area contributed by atoms with E-state index in [1.807, 2.05) is 44.2 Å². The third-order valence-electron chi connectivity index (χ3n) is 7.22. The van der Waals surface area contributed by atoms with E-state index < -0.39 is 24.1 Å². The van der Waals surface area contributed by atoms with Crippen LogP contribution in [0.2, 0.25) is 0 Å². The maximum Gasteiger partial charge on any atom is 0.320 e. The number of anilines is 1. The molecule has 3 N–H and O–H groups in total. The number of benzene rings is 1. The van der Waals surface area contributed by atoms with Crippen LogP contribution in [0.15, 0.2) is 60.9 Å². The molecule has 0 aliphatic carbocycles. The van der Waals surface area contributed by atoms with Crippen LogP contribution in [0, 0.1) is 12.9 Å². The highest BCUT2D eigenvalue weighted by Gasteiger charge is 2.37. The summed E-state index contributed by atoms with van der Waals surface area (Å²) in [5.41, 5.74) is 3.21. The van der Waals surface area contributed by atoms with Crippen molar-refractivity contribution in [3.05, 3.63) is 83.6 Å². The van der Waals surface area contributed by atoms with Crippen LogP contribution < -0.4 is 20.7 Å². The molecule has 14 heteroatoms. The van der Waals surface area contributed by atoms with Crippen molar-refractivity contribution in [2.24, 2.45) is 0 Å². The Morgan fingerprint density at radius 1 is 1.13 bits per heavy atom. The van der Waals surface area contributed by atoms with E-state index in [1.165, 1.54) is 19.4 Å². The van der Waals surface area contributed by atoms with Gasteiger partial charge in [0.05, 0.1) is 31.1 Å². The SMILES string of the molecule is CCNC(=O)c1cc(-c2nn(-c3ccccc3)c(NC(=O)N[C@@H]3CN(CCOC)O[C@H]3c3ccnc(F)c3)c2C)cnc1OC. The molecule has 4 heterocycles. The van der Waals surface area contributed by atoms with E-state index in [0.29, 0.717) is 60.1 Å². The van der Waals surface area contributed by atoms with E-state index in [9.17, 15) is 14.0 Å². The van der Waals surface area contributed by atoms with Gasteiger partial charge >= 0.3 is 6.03 Å². The second kappa shape index (κ2) is 14.2. The maximum atomic E-state index is 14.0. The number of carbonyl (C=O) groups excluding carboxylic acids is 2. The third-order valence-corrected chi connectivity index (χ3v) is 7.22. The molecule has 1 saturated heterocycles. The van der Waals surface area contributed by atoms with Gasteiger partial charge in [-0.05, 0) is 49.7 Å². The summed E-state index contributed by atoms with van der Waals surface area (Å²) in [4.78, 5) is 40.4. The van der Waals surface area contributed by atoms with Gasteiger partial charge in [-0.2, -0.15) is 14.6 Å². The molecule has 5 rings (SSSR count). The number of hydrogen-bond acceptors (Lipinski definition) is 9. The molecule has 1 aromatic carbocycles. The summed E-state index contributed by atoms with van der Waals surface area (Å²) in [7, 11) is 3.03. The van der Waals surface area contributed by atoms with Crippen molar-refractivity contribution >= 4 is 17.8 Å². The molecule has 1 aliphatic rings. The van der Waals surface area contributed by atoms with Gasteiger partial charge < -0.3 is 20.1 Å². The highest BCUT2D eigenvalue weighted by atomic mass is 19.1. The first-order chi connectivity index (χ1) is 21.8. The predicted octanol–water partition coefficient (Wildman–Crippen LogP) is 3.66. The van der Waals surface area contributed by atoms with Gasteiger partial charge in [-0.15, -0.1) is 0 Å². The Morgan fingerprint density at radius 2 is 1.93 bits per heavy atom. The molecule has 4 aromatic rings. The Bertz CT molecular complexity index is 1650. The van der Waals surface area contributed by atoms with Crippen LogP contribution in [0.3, 0.4) is 0 Å². The zero-order valence-corrected chi connectivity index (χ0v) is 25.4. The van der Waals surface area contributed by atoms with Gasteiger partial charge in [-0.1, -0.05) is 18.2 Å². The fourth-order valence-electron chi connectivity index (χ4n) is 5.09. The Labute approximate surface area is 259 Å². The Balaban J connectivity index is 1.46. The number of nitrogens with one attached hydrogen (secondary N) is 3. The quantitative estimate of drug-likeness (QED) is 0.215. The van der Waals surface area contributed by atoms with Gasteiger partial charge in [0.1, 0.15) is 17.5 Å². The van der Waals surface area contributed by atoms with Crippen LogP contribution in [-0.4, -0.2) is 83.3 Å². The smallest absolute Gasteiger partial charge is 0.320 e. The molecule has 0 unspecified atom stereocenters. The first kappa shape index (κ1) is 31.5. The zero-order valence-electron chi connectivity index (χ0n) is 25.4. The number of rotatable bonds is 11. The number of hydroxylamine groups is 2. The lowest BCUT2D eigenvalue weighted by Crippen LogP contribution is -2.42. The van der Waals surface area contributed by atoms with Gasteiger partial charge in [0, 0.05) is 50.3 Å². The van der Waals surface area contributed by atoms with Crippen molar-refractivity contribution in [2.45, 2.75) is 26.0 Å². The number of hydrogen-bond donors (Lipinski definition) is 3. The Hall–Kier alpha value is -4.92. The van der Waals surface area contributed by atoms with E-state index in [2.05, 4.69) is 25.9 Å². The number of amides is 3. The molecule has 13 nitrogen and oxygen atoms in total. The summed E-state index contributed by atoms with van der Waals surface area (Å²) in [5.74, 6) is -0.383. The minimum atomic E-state index is -0.654. The maximum absolute atomic E-state index is 14.0. The molecule has 0 bridgehead atoms. The number of para-hydroxylation sites is 1. The van der Waals surface area contributed by atoms with Crippen molar-refractivity contribution < 1.29 is 28.3 Å². The Morgan fingerprint density at radius 3 is 2.64 bits per heavy atom. The van der Waals surface area contributed by atoms with Gasteiger partial charge in [-0.25, -0.2) is 19.4 Å². The van der Waals surface area contributed by atoms with Gasteiger partial charge in [0.2, 0.25) is 11.8 Å². The van der Waals surface area contributed by atoms with E-state index >= 15 is 0 Å². The van der Waals surface area contributed by atoms with Crippen molar-refractivity contribution in [3.63, 3.8) is 0 Å². The fraction of sp³-hybridized carbons (Fsp3) is 0.323. The normalized spacial score (nSPS) is 16.4. The minimum absolute atomic E-state index is 0.185. The minimum Gasteiger partial charge on any atom is -0.480 e. The van der Waals surface area contributed by atoms with E-state index in [-0.39, 0.29) is 17.4 Å². The molecular formula is C31H35FN8O5. The van der Waals surface area contributed by atoms with E-state index in [1.54, 1.807) is 35.2 Å². The summed E-state index contributed by atoms with van der Waals surface area (Å²) < 4.78 is 26.1. The molecule has 45 heavy (non-hydrogen) atoms. The van der Waals surface area contributed by atoms with Crippen molar-refractivity contribution in [1.29, 1.82) is 0 Å². The third kappa shape index (κ3) is 7.09. The van der Waals surface area contributed by atoms with Gasteiger partial charge in [0.25, 0.3) is 5.91 Å². The number of ether oxygens (including phenoxy) is 2. The van der Waals surface area contributed by atoms with Crippen LogP contribution in [-0.2, 0) is 9.57 Å². The largest absolute Gasteiger partial charge is 0.480 e. The molecule has 3 aromatic heterocycles. The lowest BCUT2D eigenvalue weighted by molar-refractivity contribution is -0.154. The molecular weight excluding hydrogens is 583 g/mol. The van der Waals surface area contributed by atoms with Gasteiger partial charge in [-0.3, -0.25) is 14.9 Å². The van der Waals surface area contributed by atoms with E-state index in [4.69, 9.17) is 19.4 Å². The summed E-state index contributed by atoms with van der Waals surface area (Å²) in [5, 5.41) is 15.2. The van der Waals surface area contributed by atoms with E-state index in [0.717, 1.165) is 0 Å². The summed E-state index contributed by atoms with van der Waals surface area (Å²) >= 11 is 0. The van der Waals surface area contributed by atoms with Crippen molar-refractivity contribution in [3.8, 4) is 22.8 Å². The average Bonchev–Trinajstić information content (AvgIpc) is 3.60. The monoisotopic (exact) mass is 618 g/mol. The van der Waals surface area contributed by atoms with Crippen LogP contribution in [0.1, 0.15) is 34.5 Å². The fourth-order valence-corrected chi connectivity index (χ4v) is 5.09. The van der Waals surface area contributed by atoms with Crippen LogP contribution in [0.4, 0.5) is 15.0 Å². The molecule has 0 spiro atoms. The highest BCUT2D eigenvalue weighted by molar-refractivity contribution is 5.98. The summed E-state index contributed by atoms with van der Waals surface area (Å²) in [6, 6.07) is 12.9. The number of aromatic nitrogens is 4. The van der Waals surface area contributed by atoms with Crippen molar-refractivity contribution in [1.82, 2.24) is 35.4 Å². The molecule has 1 aliphatic heterocycles. The first-order valence-corrected chi connectivity index (χ1v) is 14.4. The molecule has 0 saturated carbocycles. The summed E-state index contributed by atoms with van der Waals surface area (Å²) in [6.07, 6.45) is 2.27. The number of carbonyl (C=O) groups is 2. The zero-order chi connectivity index (χ0) is 31.9. The number of methoxy groups -OCH3 is 2. The Kier molecular flexibility index (Phi) is 9.97. The van der Waals surface area contributed by atoms with Gasteiger partial charge in [0.15, 0.2) is 0 Å². The highest BCUT2D eigenvalue weighted by Crippen LogP contribution is 2.33.